The molecule has 0 radical (unpaired) electrons. The van der Waals surface area contributed by atoms with Crippen molar-refractivity contribution in [3.8, 4) is 0 Å². The summed E-state index contributed by atoms with van der Waals surface area (Å²) in [7, 11) is -9.81. The highest BCUT2D eigenvalue weighted by Gasteiger charge is 2.29. The Morgan fingerprint density at radius 1 is 0.276 bits per heavy atom. The van der Waals surface area contributed by atoms with Crippen LogP contribution in [0.3, 0.4) is 0 Å². The van der Waals surface area contributed by atoms with Crippen molar-refractivity contribution in [2.45, 2.75) is 322 Å². The highest BCUT2D eigenvalue weighted by molar-refractivity contribution is 7.47. The molecular formula is C87H144O16P2. The lowest BCUT2D eigenvalue weighted by atomic mass is 10.0. The molecule has 0 amide bonds. The van der Waals surface area contributed by atoms with Crippen molar-refractivity contribution in [3.63, 3.8) is 0 Å². The van der Waals surface area contributed by atoms with Gasteiger partial charge in [0, 0.05) is 19.3 Å². The van der Waals surface area contributed by atoms with E-state index in [1.54, 1.807) is 0 Å². The van der Waals surface area contributed by atoms with Gasteiger partial charge in [0.15, 0.2) is 6.10 Å². The van der Waals surface area contributed by atoms with E-state index in [9.17, 15) is 43.5 Å². The van der Waals surface area contributed by atoms with E-state index in [2.05, 4.69) is 191 Å². The molecule has 0 aliphatic rings. The van der Waals surface area contributed by atoms with Gasteiger partial charge in [0.1, 0.15) is 25.4 Å². The van der Waals surface area contributed by atoms with Crippen molar-refractivity contribution in [1.82, 2.24) is 0 Å². The number of phosphoric acid groups is 2. The quantitative estimate of drug-likeness (QED) is 0.0146. The molecule has 0 aromatic carbocycles. The van der Waals surface area contributed by atoms with Gasteiger partial charge >= 0.3 is 33.6 Å². The normalized spacial score (nSPS) is 14.8. The number of ether oxygens (including phenoxy) is 3. The van der Waals surface area contributed by atoms with Gasteiger partial charge in [0.25, 0.3) is 0 Å². The van der Waals surface area contributed by atoms with Gasteiger partial charge in [0.2, 0.25) is 0 Å². The minimum Gasteiger partial charge on any atom is -0.463 e. The lowest BCUT2D eigenvalue weighted by Crippen LogP contribution is -2.30. The summed E-state index contributed by atoms with van der Waals surface area (Å²) in [4.78, 5) is 58.7. The highest BCUT2D eigenvalue weighted by atomic mass is 31.2. The van der Waals surface area contributed by atoms with E-state index in [0.29, 0.717) is 19.3 Å². The molecule has 598 valence electrons. The van der Waals surface area contributed by atoms with E-state index in [4.69, 9.17) is 32.3 Å². The van der Waals surface area contributed by atoms with Crippen molar-refractivity contribution in [2.75, 3.05) is 39.6 Å². The van der Waals surface area contributed by atoms with Crippen LogP contribution in [0.1, 0.15) is 303 Å². The Morgan fingerprint density at radius 3 is 0.800 bits per heavy atom. The summed E-state index contributed by atoms with van der Waals surface area (Å²) < 4.78 is 61.1. The molecule has 0 aliphatic carbocycles. The van der Waals surface area contributed by atoms with Crippen LogP contribution >= 0.6 is 15.6 Å². The predicted molar refractivity (Wildman–Crippen MR) is 435 cm³/mol. The number of allylic oxidation sites excluding steroid dienone is 28. The third-order valence-corrected chi connectivity index (χ3v) is 18.3. The Bertz CT molecular complexity index is 2590. The Morgan fingerprint density at radius 2 is 0.505 bits per heavy atom. The molecule has 0 heterocycles. The van der Waals surface area contributed by atoms with Gasteiger partial charge in [-0.1, -0.05) is 300 Å². The minimum atomic E-state index is -4.95. The smallest absolute Gasteiger partial charge is 0.463 e. The first kappa shape index (κ1) is 99.9. The number of carbonyl (C=O) groups is 3. The van der Waals surface area contributed by atoms with Crippen molar-refractivity contribution in [2.24, 2.45) is 0 Å². The minimum absolute atomic E-state index is 0.0774. The summed E-state index contributed by atoms with van der Waals surface area (Å²) in [6, 6.07) is 0. The molecule has 0 aromatic rings. The summed E-state index contributed by atoms with van der Waals surface area (Å²) in [6.45, 7) is 2.37. The molecule has 5 unspecified atom stereocenters. The molecule has 5 atom stereocenters. The van der Waals surface area contributed by atoms with Crippen LogP contribution in [0.4, 0.5) is 0 Å². The van der Waals surface area contributed by atoms with Gasteiger partial charge in [-0.2, -0.15) is 0 Å². The molecule has 0 saturated heterocycles. The average Bonchev–Trinajstić information content (AvgIpc) is 0.965. The SMILES string of the molecule is CC/C=C\C/C=C\C/C=C\C/C=C\C/C=C\C/C=C\CCCCCCCCCCCCCCC(=O)OCC(O)COP(=O)(O)OCC(O)COP(=O)(O)OCC(COC(=O)CCCCCC/C=C\C/C=C\C/C=C\C/C=C\C/C=C\C/C=C\CC)OC(=O)CCCCCCC/C=C\C/C=C\CCCCC. The third kappa shape index (κ3) is 79.8. The Labute approximate surface area is 637 Å². The van der Waals surface area contributed by atoms with Crippen LogP contribution in [-0.2, 0) is 55.8 Å². The second-order valence-electron chi connectivity index (χ2n) is 26.5. The fourth-order valence-corrected chi connectivity index (χ4v) is 11.9. The molecule has 16 nitrogen and oxygen atoms in total. The predicted octanol–water partition coefficient (Wildman–Crippen LogP) is 24.0. The van der Waals surface area contributed by atoms with Crippen molar-refractivity contribution in [3.05, 3.63) is 170 Å². The maximum absolute atomic E-state index is 13.0. The maximum Gasteiger partial charge on any atom is 0.472 e. The summed E-state index contributed by atoms with van der Waals surface area (Å²) in [5.41, 5.74) is 0. The van der Waals surface area contributed by atoms with E-state index in [-0.39, 0.29) is 19.3 Å². The monoisotopic (exact) mass is 1510 g/mol. The third-order valence-electron chi connectivity index (χ3n) is 16.4. The first-order chi connectivity index (χ1) is 51.2. The lowest BCUT2D eigenvalue weighted by molar-refractivity contribution is -0.161. The number of rotatable bonds is 75. The maximum atomic E-state index is 13.0. The second-order valence-corrected chi connectivity index (χ2v) is 29.4. The van der Waals surface area contributed by atoms with Gasteiger partial charge in [0.05, 0.1) is 26.4 Å². The Kier molecular flexibility index (Phi) is 74.7. The highest BCUT2D eigenvalue weighted by Crippen LogP contribution is 2.45. The van der Waals surface area contributed by atoms with E-state index >= 15 is 0 Å². The zero-order valence-corrected chi connectivity index (χ0v) is 67.1. The standard InChI is InChI=1S/C87H144O16P2/c1-4-7-10-13-16-19-22-25-28-30-32-34-36-37-38-39-40-41-42-43-45-47-48-50-53-55-58-61-64-67-70-73-85(90)97-76-82(88)77-99-104(93,94)100-78-83(89)79-101-105(95,96)102-81-84(103-87(92)75-72-69-66-63-60-57-52-27-24-21-18-15-12-9-6-3)80-98-86(91)74-71-68-65-62-59-56-54-51-49-46-44-35-33-31-29-26-23-20-17-14-11-8-5-2/h7-8,10-11,16-21,25-29,32-35,37-38,40-41,46,49,52,54,56,82-84,88-89H,4-6,9,12-15,22-24,30-31,36,39,42-45,47-48,50-51,53,55,57-81H2,1-3H3,(H,93,94)(H,95,96)/b10-7-,11-8-,19-16-,20-17-,21-18-,28-25-,29-26-,34-32-,35-33-,38-37-,41-40-,49-46-,52-27-,56-54-. The first-order valence-electron chi connectivity index (χ1n) is 40.4. The lowest BCUT2D eigenvalue weighted by Gasteiger charge is -2.21. The van der Waals surface area contributed by atoms with Gasteiger partial charge in [-0.3, -0.25) is 32.5 Å². The van der Waals surface area contributed by atoms with Gasteiger partial charge in [-0.05, 0) is 154 Å². The van der Waals surface area contributed by atoms with E-state index in [0.717, 1.165) is 173 Å². The van der Waals surface area contributed by atoms with E-state index in [1.165, 1.54) is 70.6 Å². The summed E-state index contributed by atoms with van der Waals surface area (Å²) in [5.74, 6) is -1.63. The molecular weight excluding hydrogens is 1360 g/mol. The van der Waals surface area contributed by atoms with Gasteiger partial charge < -0.3 is 34.2 Å². The molecule has 0 aliphatic heterocycles. The van der Waals surface area contributed by atoms with E-state index in [1.807, 2.05) is 0 Å². The number of aliphatic hydroxyl groups is 2. The number of hydrogen-bond donors (Lipinski definition) is 4. The first-order valence-corrected chi connectivity index (χ1v) is 43.4. The van der Waals surface area contributed by atoms with Crippen LogP contribution < -0.4 is 0 Å². The second kappa shape index (κ2) is 78.5. The van der Waals surface area contributed by atoms with Crippen molar-refractivity contribution >= 4 is 33.6 Å². The molecule has 4 N–H and O–H groups in total. The van der Waals surface area contributed by atoms with Crippen LogP contribution in [-0.4, -0.2) is 95.9 Å². The topological polar surface area (TPSA) is 231 Å². The zero-order valence-electron chi connectivity index (χ0n) is 65.3. The summed E-state index contributed by atoms with van der Waals surface area (Å²) in [5, 5.41) is 20.7. The van der Waals surface area contributed by atoms with Crippen LogP contribution in [0.15, 0.2) is 170 Å². The largest absolute Gasteiger partial charge is 0.472 e. The summed E-state index contributed by atoms with van der Waals surface area (Å²) >= 11 is 0. The van der Waals surface area contributed by atoms with Gasteiger partial charge in [-0.25, -0.2) is 9.13 Å². The molecule has 0 rings (SSSR count). The number of phosphoric ester groups is 2. The molecule has 105 heavy (non-hydrogen) atoms. The average molecular weight is 1510 g/mol. The van der Waals surface area contributed by atoms with Crippen LogP contribution in [0.5, 0.6) is 0 Å². The van der Waals surface area contributed by atoms with Crippen LogP contribution in [0.25, 0.3) is 0 Å². The van der Waals surface area contributed by atoms with E-state index < -0.39 is 91.5 Å². The summed E-state index contributed by atoms with van der Waals surface area (Å²) in [6.07, 6.45) is 99.7. The van der Waals surface area contributed by atoms with Crippen LogP contribution in [0.2, 0.25) is 0 Å². The molecule has 18 heteroatoms. The molecule has 0 spiro atoms. The number of unbranched alkanes of at least 4 members (excludes halogenated alkanes) is 24. The zero-order chi connectivity index (χ0) is 76.6. The molecule has 0 aromatic heterocycles. The molecule has 0 bridgehead atoms. The number of hydrogen-bond acceptors (Lipinski definition) is 14. The fraction of sp³-hybridized carbons (Fsp3) is 0.644. The van der Waals surface area contributed by atoms with Gasteiger partial charge in [-0.15, -0.1) is 0 Å². The number of aliphatic hydroxyl groups excluding tert-OH is 2. The van der Waals surface area contributed by atoms with Crippen molar-refractivity contribution in [1.29, 1.82) is 0 Å². The molecule has 0 fully saturated rings. The fourth-order valence-electron chi connectivity index (χ4n) is 10.3. The number of esters is 3. The van der Waals surface area contributed by atoms with Crippen LogP contribution in [0, 0.1) is 0 Å². The van der Waals surface area contributed by atoms with Crippen molar-refractivity contribution < 1.29 is 75.8 Å². The Balaban J connectivity index is 4.56. The molecule has 0 saturated carbocycles. The Hall–Kier alpha value is -5.09. The number of carbonyl (C=O) groups excluding carboxylic acids is 3.